The number of nitrogens with zero attached hydrogens (tertiary/aromatic N) is 2. The molecule has 0 atom stereocenters. The van der Waals surface area contributed by atoms with Gasteiger partial charge in [-0.05, 0) is 45.3 Å². The minimum atomic E-state index is -3.55. The predicted molar refractivity (Wildman–Crippen MR) is 80.0 cm³/mol. The van der Waals surface area contributed by atoms with Gasteiger partial charge in [-0.25, -0.2) is 12.8 Å². The second-order valence-corrected chi connectivity index (χ2v) is 7.28. The van der Waals surface area contributed by atoms with Crippen molar-refractivity contribution in [3.05, 3.63) is 29.6 Å². The highest BCUT2D eigenvalue weighted by molar-refractivity contribution is 7.89. The largest absolute Gasteiger partial charge is 0.316 e. The first-order valence-corrected chi connectivity index (χ1v) is 8.51. The van der Waals surface area contributed by atoms with Gasteiger partial charge in [0, 0.05) is 31.7 Å². The Hall–Kier alpha value is -1.02. The van der Waals surface area contributed by atoms with Crippen LogP contribution in [-0.2, 0) is 16.6 Å². The molecule has 1 aromatic carbocycles. The van der Waals surface area contributed by atoms with Gasteiger partial charge in [0.05, 0.1) is 4.90 Å². The summed E-state index contributed by atoms with van der Waals surface area (Å²) in [6.45, 7) is 2.88. The summed E-state index contributed by atoms with van der Waals surface area (Å²) in [5.41, 5.74) is 0.366. The standard InChI is InChI=1S/C14H22FN3O2S/c1-16-11-12-10-13(4-5-14(12)15)21(19,20)18-7-3-6-17(2)8-9-18/h4-5,10,16H,3,6-9,11H2,1-2H3. The van der Waals surface area contributed by atoms with Crippen molar-refractivity contribution in [3.63, 3.8) is 0 Å². The molecule has 1 aliphatic heterocycles. The molecule has 118 valence electrons. The molecule has 21 heavy (non-hydrogen) atoms. The summed E-state index contributed by atoms with van der Waals surface area (Å²) >= 11 is 0. The number of hydrogen-bond donors (Lipinski definition) is 1. The first-order chi connectivity index (χ1) is 9.95. The van der Waals surface area contributed by atoms with Gasteiger partial charge in [0.25, 0.3) is 0 Å². The summed E-state index contributed by atoms with van der Waals surface area (Å²) in [6, 6.07) is 4.00. The molecule has 0 saturated carbocycles. The molecular formula is C14H22FN3O2S. The fraction of sp³-hybridized carbons (Fsp3) is 0.571. The highest BCUT2D eigenvalue weighted by atomic mass is 32.2. The van der Waals surface area contributed by atoms with E-state index in [1.165, 1.54) is 22.5 Å². The van der Waals surface area contributed by atoms with E-state index in [4.69, 9.17) is 0 Å². The lowest BCUT2D eigenvalue weighted by Crippen LogP contribution is -2.34. The quantitative estimate of drug-likeness (QED) is 0.896. The van der Waals surface area contributed by atoms with Crippen molar-refractivity contribution >= 4 is 10.0 Å². The summed E-state index contributed by atoms with van der Waals surface area (Å²) in [5, 5.41) is 2.84. The van der Waals surface area contributed by atoms with E-state index in [0.717, 1.165) is 13.0 Å². The Labute approximate surface area is 125 Å². The second-order valence-electron chi connectivity index (χ2n) is 5.34. The molecule has 1 N–H and O–H groups in total. The Morgan fingerprint density at radius 3 is 2.71 bits per heavy atom. The van der Waals surface area contributed by atoms with Gasteiger partial charge in [-0.15, -0.1) is 0 Å². The molecule has 0 aliphatic carbocycles. The van der Waals surface area contributed by atoms with Crippen LogP contribution >= 0.6 is 0 Å². The zero-order chi connectivity index (χ0) is 15.5. The van der Waals surface area contributed by atoms with Crippen LogP contribution < -0.4 is 5.32 Å². The van der Waals surface area contributed by atoms with Crippen LogP contribution in [0.4, 0.5) is 4.39 Å². The SMILES string of the molecule is CNCc1cc(S(=O)(=O)N2CCCN(C)CC2)ccc1F. The lowest BCUT2D eigenvalue weighted by molar-refractivity contribution is 0.347. The summed E-state index contributed by atoms with van der Waals surface area (Å²) in [4.78, 5) is 2.28. The molecule has 0 amide bonds. The van der Waals surface area contributed by atoms with Gasteiger partial charge < -0.3 is 10.2 Å². The van der Waals surface area contributed by atoms with E-state index in [2.05, 4.69) is 10.2 Å². The van der Waals surface area contributed by atoms with Crippen molar-refractivity contribution < 1.29 is 12.8 Å². The van der Waals surface area contributed by atoms with E-state index in [9.17, 15) is 12.8 Å². The summed E-state index contributed by atoms with van der Waals surface area (Å²) in [7, 11) is 0.131. The van der Waals surface area contributed by atoms with Crippen LogP contribution in [0.3, 0.4) is 0 Å². The molecule has 7 heteroatoms. The molecule has 1 heterocycles. The average molecular weight is 315 g/mol. The normalized spacial score (nSPS) is 18.6. The summed E-state index contributed by atoms with van der Waals surface area (Å²) < 4.78 is 40.5. The maximum absolute atomic E-state index is 13.6. The van der Waals surface area contributed by atoms with E-state index in [1.54, 1.807) is 7.05 Å². The van der Waals surface area contributed by atoms with Crippen LogP contribution in [0.1, 0.15) is 12.0 Å². The van der Waals surface area contributed by atoms with Gasteiger partial charge in [0.15, 0.2) is 0 Å². The summed E-state index contributed by atoms with van der Waals surface area (Å²) in [6.07, 6.45) is 0.806. The average Bonchev–Trinajstić information content (AvgIpc) is 2.66. The van der Waals surface area contributed by atoms with Gasteiger partial charge in [0.2, 0.25) is 10.0 Å². The van der Waals surface area contributed by atoms with Gasteiger partial charge in [-0.2, -0.15) is 4.31 Å². The van der Waals surface area contributed by atoms with E-state index in [1.807, 2.05) is 7.05 Å². The first kappa shape index (κ1) is 16.4. The van der Waals surface area contributed by atoms with Crippen LogP contribution in [-0.4, -0.2) is 57.9 Å². The molecule has 0 radical (unpaired) electrons. The van der Waals surface area contributed by atoms with Crippen molar-refractivity contribution in [3.8, 4) is 0 Å². The molecule has 0 bridgehead atoms. The number of nitrogens with one attached hydrogen (secondary N) is 1. The fourth-order valence-electron chi connectivity index (χ4n) is 2.45. The van der Waals surface area contributed by atoms with Gasteiger partial charge in [-0.3, -0.25) is 0 Å². The number of halogens is 1. The zero-order valence-corrected chi connectivity index (χ0v) is 13.3. The van der Waals surface area contributed by atoms with Crippen LogP contribution in [0.2, 0.25) is 0 Å². The minimum absolute atomic E-state index is 0.165. The highest BCUT2D eigenvalue weighted by Crippen LogP contribution is 2.20. The molecular weight excluding hydrogens is 293 g/mol. The lowest BCUT2D eigenvalue weighted by atomic mass is 10.2. The number of benzene rings is 1. The maximum Gasteiger partial charge on any atom is 0.243 e. The molecule has 1 fully saturated rings. The van der Waals surface area contributed by atoms with Crippen LogP contribution in [0.25, 0.3) is 0 Å². The second kappa shape index (κ2) is 6.83. The molecule has 2 rings (SSSR count). The summed E-state index contributed by atoms with van der Waals surface area (Å²) in [5.74, 6) is -0.390. The van der Waals surface area contributed by atoms with Gasteiger partial charge in [0.1, 0.15) is 5.82 Å². The van der Waals surface area contributed by atoms with Crippen LogP contribution in [0.5, 0.6) is 0 Å². The van der Waals surface area contributed by atoms with Crippen molar-refractivity contribution in [2.24, 2.45) is 0 Å². The Kier molecular flexibility index (Phi) is 5.32. The molecule has 1 saturated heterocycles. The Morgan fingerprint density at radius 1 is 1.24 bits per heavy atom. The number of rotatable bonds is 4. The predicted octanol–water partition coefficient (Wildman–Crippen LogP) is 0.871. The third kappa shape index (κ3) is 3.79. The van der Waals surface area contributed by atoms with E-state index in [-0.39, 0.29) is 10.7 Å². The molecule has 0 unspecified atom stereocenters. The van der Waals surface area contributed by atoms with Gasteiger partial charge in [-0.1, -0.05) is 0 Å². The van der Waals surface area contributed by atoms with Crippen molar-refractivity contribution in [2.45, 2.75) is 17.9 Å². The number of likely N-dealkylation sites (N-methyl/N-ethyl adjacent to an activating group) is 1. The topological polar surface area (TPSA) is 52.7 Å². The molecule has 1 aromatic rings. The van der Waals surface area contributed by atoms with E-state index < -0.39 is 10.0 Å². The number of hydrogen-bond acceptors (Lipinski definition) is 4. The Balaban J connectivity index is 2.28. The van der Waals surface area contributed by atoms with Crippen molar-refractivity contribution in [2.75, 3.05) is 40.3 Å². The Morgan fingerprint density at radius 2 is 2.00 bits per heavy atom. The highest BCUT2D eigenvalue weighted by Gasteiger charge is 2.26. The molecule has 5 nitrogen and oxygen atoms in total. The smallest absolute Gasteiger partial charge is 0.243 e. The van der Waals surface area contributed by atoms with Crippen molar-refractivity contribution in [1.82, 2.24) is 14.5 Å². The Bertz CT molecular complexity index is 592. The molecule has 0 spiro atoms. The monoisotopic (exact) mass is 315 g/mol. The van der Waals surface area contributed by atoms with Crippen LogP contribution in [0.15, 0.2) is 23.1 Å². The van der Waals surface area contributed by atoms with E-state index in [0.29, 0.717) is 31.7 Å². The third-order valence-corrected chi connectivity index (χ3v) is 5.60. The third-order valence-electron chi connectivity index (χ3n) is 3.70. The first-order valence-electron chi connectivity index (χ1n) is 7.07. The van der Waals surface area contributed by atoms with E-state index >= 15 is 0 Å². The van der Waals surface area contributed by atoms with Crippen LogP contribution in [0, 0.1) is 5.82 Å². The maximum atomic E-state index is 13.6. The zero-order valence-electron chi connectivity index (χ0n) is 12.5. The lowest BCUT2D eigenvalue weighted by Gasteiger charge is -2.20. The van der Waals surface area contributed by atoms with Crippen molar-refractivity contribution in [1.29, 1.82) is 0 Å². The molecule has 1 aliphatic rings. The van der Waals surface area contributed by atoms with Gasteiger partial charge >= 0.3 is 0 Å². The number of sulfonamides is 1. The minimum Gasteiger partial charge on any atom is -0.316 e. The molecule has 0 aromatic heterocycles. The fourth-order valence-corrected chi connectivity index (χ4v) is 3.97.